The molecule has 0 aliphatic heterocycles. The minimum atomic E-state index is -0.294. The second kappa shape index (κ2) is 16.3. The van der Waals surface area contributed by atoms with E-state index in [9.17, 15) is 4.79 Å². The second-order valence-corrected chi connectivity index (χ2v) is 9.51. The summed E-state index contributed by atoms with van der Waals surface area (Å²) in [6, 6.07) is 0. The summed E-state index contributed by atoms with van der Waals surface area (Å²) in [6.07, 6.45) is 17.9. The minimum Gasteiger partial charge on any atom is -0.369 e. The summed E-state index contributed by atoms with van der Waals surface area (Å²) >= 11 is 0. The van der Waals surface area contributed by atoms with Crippen LogP contribution in [0.1, 0.15) is 138 Å². The Bertz CT molecular complexity index is 333. The van der Waals surface area contributed by atoms with Crippen LogP contribution in [0.2, 0.25) is 0 Å². The number of carbonyl (C=O) groups excluding carboxylic acids is 1. The van der Waals surface area contributed by atoms with Crippen molar-refractivity contribution in [2.75, 3.05) is 0 Å². The number of hydrogen-bond donors (Lipinski definition) is 1. The number of carbonyl (C=O) groups is 1. The Balaban J connectivity index is 5.63. The summed E-state index contributed by atoms with van der Waals surface area (Å²) in [5, 5.41) is 0. The molecule has 0 saturated carbocycles. The molecule has 0 bridgehead atoms. The molecule has 168 valence electrons. The molecule has 0 spiro atoms. The van der Waals surface area contributed by atoms with Gasteiger partial charge >= 0.3 is 0 Å². The zero-order valence-electron chi connectivity index (χ0n) is 20.3. The first kappa shape index (κ1) is 27.5. The highest BCUT2D eigenvalue weighted by Crippen LogP contribution is 2.44. The Labute approximate surface area is 177 Å². The molecule has 28 heavy (non-hydrogen) atoms. The molecule has 0 aromatic rings. The van der Waals surface area contributed by atoms with Crippen LogP contribution in [-0.2, 0) is 4.79 Å². The van der Waals surface area contributed by atoms with Crippen LogP contribution in [0.15, 0.2) is 0 Å². The van der Waals surface area contributed by atoms with Crippen molar-refractivity contribution in [3.05, 3.63) is 0 Å². The van der Waals surface area contributed by atoms with E-state index in [0.717, 1.165) is 19.3 Å². The van der Waals surface area contributed by atoms with E-state index in [-0.39, 0.29) is 11.3 Å². The molecular formula is C26H53NO. The van der Waals surface area contributed by atoms with Gasteiger partial charge in [0.2, 0.25) is 5.91 Å². The molecule has 0 aromatic carbocycles. The van der Waals surface area contributed by atoms with E-state index >= 15 is 0 Å². The third-order valence-electron chi connectivity index (χ3n) is 7.19. The van der Waals surface area contributed by atoms with Crippen LogP contribution >= 0.6 is 0 Å². The van der Waals surface area contributed by atoms with Crippen LogP contribution in [0.4, 0.5) is 0 Å². The molecule has 0 heterocycles. The molecule has 0 rings (SSSR count). The van der Waals surface area contributed by atoms with Crippen molar-refractivity contribution in [2.24, 2.45) is 28.9 Å². The molecule has 0 aromatic heterocycles. The lowest BCUT2D eigenvalue weighted by atomic mass is 9.65. The SMILES string of the molecule is CCCCC(CC)CC(CC(CC)CCCC)(CC(CC)CCCC)C(N)=O. The van der Waals surface area contributed by atoms with Crippen molar-refractivity contribution in [1.29, 1.82) is 0 Å². The Morgan fingerprint density at radius 1 is 0.643 bits per heavy atom. The van der Waals surface area contributed by atoms with Gasteiger partial charge < -0.3 is 5.73 Å². The van der Waals surface area contributed by atoms with Gasteiger partial charge in [-0.1, -0.05) is 119 Å². The molecule has 3 unspecified atom stereocenters. The third kappa shape index (κ3) is 10.3. The number of hydrogen-bond acceptors (Lipinski definition) is 1. The maximum atomic E-state index is 13.0. The lowest BCUT2D eigenvalue weighted by Gasteiger charge is -2.39. The summed E-state index contributed by atoms with van der Waals surface area (Å²) in [6.45, 7) is 13.7. The fourth-order valence-corrected chi connectivity index (χ4v) is 5.04. The Morgan fingerprint density at radius 3 is 1.11 bits per heavy atom. The van der Waals surface area contributed by atoms with E-state index in [4.69, 9.17) is 5.73 Å². The molecule has 0 saturated heterocycles. The summed E-state index contributed by atoms with van der Waals surface area (Å²) in [7, 11) is 0. The smallest absolute Gasteiger partial charge is 0.223 e. The van der Waals surface area contributed by atoms with E-state index in [2.05, 4.69) is 41.5 Å². The van der Waals surface area contributed by atoms with Gasteiger partial charge in [0.15, 0.2) is 0 Å². The maximum Gasteiger partial charge on any atom is 0.223 e. The highest BCUT2D eigenvalue weighted by Gasteiger charge is 2.41. The van der Waals surface area contributed by atoms with Gasteiger partial charge in [-0.15, -0.1) is 0 Å². The molecule has 0 fully saturated rings. The Morgan fingerprint density at radius 2 is 0.929 bits per heavy atom. The van der Waals surface area contributed by atoms with E-state index in [1.54, 1.807) is 0 Å². The van der Waals surface area contributed by atoms with Crippen LogP contribution in [-0.4, -0.2) is 5.91 Å². The predicted octanol–water partition coefficient (Wildman–Crippen LogP) is 8.28. The lowest BCUT2D eigenvalue weighted by molar-refractivity contribution is -0.131. The fraction of sp³-hybridized carbons (Fsp3) is 0.962. The van der Waals surface area contributed by atoms with E-state index in [1.807, 2.05) is 0 Å². The zero-order valence-corrected chi connectivity index (χ0v) is 20.3. The number of primary amides is 1. The van der Waals surface area contributed by atoms with Crippen molar-refractivity contribution in [3.8, 4) is 0 Å². The number of nitrogens with two attached hydrogens (primary N) is 1. The molecule has 3 atom stereocenters. The average molecular weight is 396 g/mol. The largest absolute Gasteiger partial charge is 0.369 e. The summed E-state index contributed by atoms with van der Waals surface area (Å²) in [5.41, 5.74) is 5.93. The van der Waals surface area contributed by atoms with Gasteiger partial charge in [-0.05, 0) is 37.0 Å². The Kier molecular flexibility index (Phi) is 16.0. The first-order valence-corrected chi connectivity index (χ1v) is 12.7. The molecule has 1 amide bonds. The molecule has 0 aliphatic rings. The standard InChI is InChI=1S/C26H53NO/c1-7-13-16-22(10-4)19-26(25(27)28,20-23(11-5)17-14-8-2)21-24(12-6)18-15-9-3/h22-24H,7-21H2,1-6H3,(H2,27,28). The average Bonchev–Trinajstić information content (AvgIpc) is 2.70. The highest BCUT2D eigenvalue weighted by atomic mass is 16.1. The van der Waals surface area contributed by atoms with Crippen LogP contribution in [0.5, 0.6) is 0 Å². The Hall–Kier alpha value is -0.530. The van der Waals surface area contributed by atoms with Gasteiger partial charge in [0.05, 0.1) is 0 Å². The van der Waals surface area contributed by atoms with Gasteiger partial charge in [0, 0.05) is 5.41 Å². The van der Waals surface area contributed by atoms with Gasteiger partial charge in [-0.25, -0.2) is 0 Å². The third-order valence-corrected chi connectivity index (χ3v) is 7.19. The normalized spacial score (nSPS) is 17.1. The molecule has 2 nitrogen and oxygen atoms in total. The van der Waals surface area contributed by atoms with Gasteiger partial charge in [-0.2, -0.15) is 0 Å². The highest BCUT2D eigenvalue weighted by molar-refractivity contribution is 5.80. The number of rotatable bonds is 19. The van der Waals surface area contributed by atoms with E-state index in [1.165, 1.54) is 77.0 Å². The predicted molar refractivity (Wildman–Crippen MR) is 125 cm³/mol. The summed E-state index contributed by atoms with van der Waals surface area (Å²) < 4.78 is 0. The van der Waals surface area contributed by atoms with Crippen LogP contribution in [0.25, 0.3) is 0 Å². The van der Waals surface area contributed by atoms with Crippen molar-refractivity contribution < 1.29 is 4.79 Å². The van der Waals surface area contributed by atoms with Crippen LogP contribution in [0, 0.1) is 23.2 Å². The van der Waals surface area contributed by atoms with E-state index < -0.39 is 0 Å². The topological polar surface area (TPSA) is 43.1 Å². The molecular weight excluding hydrogens is 342 g/mol. The van der Waals surface area contributed by atoms with Crippen LogP contribution in [0.3, 0.4) is 0 Å². The monoisotopic (exact) mass is 395 g/mol. The van der Waals surface area contributed by atoms with Crippen molar-refractivity contribution in [2.45, 2.75) is 138 Å². The first-order valence-electron chi connectivity index (χ1n) is 12.7. The van der Waals surface area contributed by atoms with Crippen molar-refractivity contribution in [3.63, 3.8) is 0 Å². The summed E-state index contributed by atoms with van der Waals surface area (Å²) in [4.78, 5) is 13.0. The van der Waals surface area contributed by atoms with Crippen molar-refractivity contribution in [1.82, 2.24) is 0 Å². The second-order valence-electron chi connectivity index (χ2n) is 9.51. The lowest BCUT2D eigenvalue weighted by Crippen LogP contribution is -2.42. The molecule has 2 N–H and O–H groups in total. The first-order chi connectivity index (χ1) is 13.4. The number of unbranched alkanes of at least 4 members (excludes halogenated alkanes) is 3. The number of amides is 1. The minimum absolute atomic E-state index is 0.00709. The maximum absolute atomic E-state index is 13.0. The summed E-state index contributed by atoms with van der Waals surface area (Å²) in [5.74, 6) is 1.91. The van der Waals surface area contributed by atoms with Gasteiger partial charge in [-0.3, -0.25) is 4.79 Å². The molecule has 0 radical (unpaired) electrons. The molecule has 2 heteroatoms. The van der Waals surface area contributed by atoms with Gasteiger partial charge in [0.1, 0.15) is 0 Å². The zero-order chi connectivity index (χ0) is 21.4. The van der Waals surface area contributed by atoms with Crippen LogP contribution < -0.4 is 5.73 Å². The molecule has 0 aliphatic carbocycles. The van der Waals surface area contributed by atoms with Crippen molar-refractivity contribution >= 4 is 5.91 Å². The van der Waals surface area contributed by atoms with E-state index in [0.29, 0.717) is 17.8 Å². The fourth-order valence-electron chi connectivity index (χ4n) is 5.04. The van der Waals surface area contributed by atoms with Gasteiger partial charge in [0.25, 0.3) is 0 Å². The quantitative estimate of drug-likeness (QED) is 0.235.